The van der Waals surface area contributed by atoms with E-state index in [-0.39, 0.29) is 18.6 Å². The summed E-state index contributed by atoms with van der Waals surface area (Å²) in [6.45, 7) is 0.289. The molecule has 27 heavy (non-hydrogen) atoms. The first-order valence-corrected chi connectivity index (χ1v) is 8.74. The van der Waals surface area contributed by atoms with E-state index in [1.54, 1.807) is 19.4 Å². The lowest BCUT2D eigenvalue weighted by atomic mass is 10.0. The van der Waals surface area contributed by atoms with Crippen LogP contribution in [0.25, 0.3) is 0 Å². The molecule has 0 aliphatic heterocycles. The molecule has 2 aromatic carbocycles. The Hall–Kier alpha value is -3.18. The van der Waals surface area contributed by atoms with Gasteiger partial charge in [0.05, 0.1) is 7.11 Å². The Morgan fingerprint density at radius 2 is 1.59 bits per heavy atom. The Bertz CT molecular complexity index is 814. The average Bonchev–Trinajstić information content (AvgIpc) is 2.74. The quantitative estimate of drug-likeness (QED) is 0.666. The molecular formula is C22H22N2O3. The molecule has 3 rings (SSSR count). The van der Waals surface area contributed by atoms with Crippen molar-refractivity contribution < 1.29 is 14.3 Å². The standard InChI is InChI=1S/C22H22N2O3/c1-26-22-19(13-8-14-23-22)15-24-20(25)16-27-21(17-9-4-2-5-10-17)18-11-6-3-7-12-18/h2-14,21H,15-16H2,1H3,(H,24,25). The summed E-state index contributed by atoms with van der Waals surface area (Å²) < 4.78 is 11.2. The zero-order valence-corrected chi connectivity index (χ0v) is 15.2. The van der Waals surface area contributed by atoms with Gasteiger partial charge in [-0.3, -0.25) is 4.79 Å². The van der Waals surface area contributed by atoms with Crippen LogP contribution < -0.4 is 10.1 Å². The molecular weight excluding hydrogens is 340 g/mol. The second kappa shape index (κ2) is 9.50. The maximum absolute atomic E-state index is 12.3. The number of nitrogens with zero attached hydrogens (tertiary/aromatic N) is 1. The highest BCUT2D eigenvalue weighted by molar-refractivity contribution is 5.77. The molecule has 1 aromatic heterocycles. The minimum Gasteiger partial charge on any atom is -0.481 e. The van der Waals surface area contributed by atoms with Gasteiger partial charge in [0.2, 0.25) is 11.8 Å². The van der Waals surface area contributed by atoms with Crippen LogP contribution in [0.2, 0.25) is 0 Å². The molecule has 0 bridgehead atoms. The summed E-state index contributed by atoms with van der Waals surface area (Å²) in [6.07, 6.45) is 1.35. The number of hydrogen-bond acceptors (Lipinski definition) is 4. The maximum Gasteiger partial charge on any atom is 0.246 e. The third kappa shape index (κ3) is 5.15. The predicted octanol–water partition coefficient (Wildman–Crippen LogP) is 3.51. The summed E-state index contributed by atoms with van der Waals surface area (Å²) in [5.41, 5.74) is 2.83. The second-order valence-corrected chi connectivity index (χ2v) is 5.96. The van der Waals surface area contributed by atoms with Crippen LogP contribution in [0.5, 0.6) is 5.88 Å². The van der Waals surface area contributed by atoms with E-state index in [9.17, 15) is 4.79 Å². The van der Waals surface area contributed by atoms with Crippen molar-refractivity contribution in [3.63, 3.8) is 0 Å². The van der Waals surface area contributed by atoms with Crippen LogP contribution in [0.1, 0.15) is 22.8 Å². The van der Waals surface area contributed by atoms with E-state index < -0.39 is 0 Å². The number of pyridine rings is 1. The molecule has 0 saturated carbocycles. The van der Waals surface area contributed by atoms with Crippen LogP contribution in [0, 0.1) is 0 Å². The predicted molar refractivity (Wildman–Crippen MR) is 103 cm³/mol. The summed E-state index contributed by atoms with van der Waals surface area (Å²) >= 11 is 0. The van der Waals surface area contributed by atoms with Crippen molar-refractivity contribution in [2.24, 2.45) is 0 Å². The minimum absolute atomic E-state index is 0.0446. The lowest BCUT2D eigenvalue weighted by molar-refractivity contribution is -0.127. The molecule has 0 radical (unpaired) electrons. The first kappa shape index (κ1) is 18.6. The molecule has 0 aliphatic rings. The molecule has 0 spiro atoms. The average molecular weight is 362 g/mol. The van der Waals surface area contributed by atoms with Crippen LogP contribution >= 0.6 is 0 Å². The fraction of sp³-hybridized carbons (Fsp3) is 0.182. The first-order chi connectivity index (χ1) is 13.3. The lowest BCUT2D eigenvalue weighted by Gasteiger charge is -2.19. The number of hydrogen-bond donors (Lipinski definition) is 1. The summed E-state index contributed by atoms with van der Waals surface area (Å²) in [6, 6.07) is 23.4. The van der Waals surface area contributed by atoms with Crippen LogP contribution in [0.15, 0.2) is 79.0 Å². The highest BCUT2D eigenvalue weighted by Gasteiger charge is 2.16. The van der Waals surface area contributed by atoms with Gasteiger partial charge in [-0.15, -0.1) is 0 Å². The first-order valence-electron chi connectivity index (χ1n) is 8.74. The Morgan fingerprint density at radius 3 is 2.19 bits per heavy atom. The number of benzene rings is 2. The fourth-order valence-electron chi connectivity index (χ4n) is 2.79. The van der Waals surface area contributed by atoms with Crippen LogP contribution in [-0.4, -0.2) is 24.6 Å². The minimum atomic E-state index is -0.300. The van der Waals surface area contributed by atoms with Crippen molar-refractivity contribution in [3.8, 4) is 5.88 Å². The zero-order valence-electron chi connectivity index (χ0n) is 15.2. The van der Waals surface area contributed by atoms with Crippen LogP contribution in [-0.2, 0) is 16.1 Å². The Morgan fingerprint density at radius 1 is 0.963 bits per heavy atom. The fourth-order valence-corrected chi connectivity index (χ4v) is 2.79. The molecule has 0 saturated heterocycles. The van der Waals surface area contributed by atoms with Gasteiger partial charge in [-0.1, -0.05) is 66.7 Å². The summed E-state index contributed by atoms with van der Waals surface area (Å²) in [7, 11) is 1.56. The van der Waals surface area contributed by atoms with Crippen molar-refractivity contribution in [2.75, 3.05) is 13.7 Å². The number of methoxy groups -OCH3 is 1. The number of nitrogens with one attached hydrogen (secondary N) is 1. The van der Waals surface area contributed by atoms with Gasteiger partial charge >= 0.3 is 0 Å². The number of rotatable bonds is 8. The number of amides is 1. The van der Waals surface area contributed by atoms with E-state index in [2.05, 4.69) is 10.3 Å². The van der Waals surface area contributed by atoms with Crippen LogP contribution in [0.3, 0.4) is 0 Å². The van der Waals surface area contributed by atoms with E-state index >= 15 is 0 Å². The maximum atomic E-state index is 12.3. The van der Waals surface area contributed by atoms with Gasteiger partial charge in [0.15, 0.2) is 0 Å². The normalized spacial score (nSPS) is 10.6. The smallest absolute Gasteiger partial charge is 0.246 e. The molecule has 1 amide bonds. The molecule has 5 nitrogen and oxygen atoms in total. The Kier molecular flexibility index (Phi) is 6.55. The molecule has 0 aliphatic carbocycles. The second-order valence-electron chi connectivity index (χ2n) is 5.96. The van der Waals surface area contributed by atoms with Gasteiger partial charge in [-0.2, -0.15) is 0 Å². The SMILES string of the molecule is COc1ncccc1CNC(=O)COC(c1ccccc1)c1ccccc1. The number of carbonyl (C=O) groups excluding carboxylic acids is 1. The largest absolute Gasteiger partial charge is 0.481 e. The summed E-state index contributed by atoms with van der Waals surface area (Å²) in [5.74, 6) is 0.308. The van der Waals surface area contributed by atoms with E-state index in [0.29, 0.717) is 12.4 Å². The zero-order chi connectivity index (χ0) is 18.9. The van der Waals surface area contributed by atoms with Gasteiger partial charge < -0.3 is 14.8 Å². The van der Waals surface area contributed by atoms with Crippen molar-refractivity contribution >= 4 is 5.91 Å². The Balaban J connectivity index is 1.62. The van der Waals surface area contributed by atoms with Gasteiger partial charge in [-0.05, 0) is 17.2 Å². The van der Waals surface area contributed by atoms with E-state index in [4.69, 9.17) is 9.47 Å². The monoisotopic (exact) mass is 362 g/mol. The van der Waals surface area contributed by atoms with Crippen LogP contribution in [0.4, 0.5) is 0 Å². The van der Waals surface area contributed by atoms with Gasteiger partial charge in [-0.25, -0.2) is 4.98 Å². The summed E-state index contributed by atoms with van der Waals surface area (Å²) in [4.78, 5) is 16.4. The molecule has 138 valence electrons. The van der Waals surface area contributed by atoms with Crippen molar-refractivity contribution in [3.05, 3.63) is 95.7 Å². The third-order valence-electron chi connectivity index (χ3n) is 4.11. The van der Waals surface area contributed by atoms with E-state index in [0.717, 1.165) is 16.7 Å². The van der Waals surface area contributed by atoms with Gasteiger partial charge in [0.1, 0.15) is 12.7 Å². The molecule has 5 heteroatoms. The lowest BCUT2D eigenvalue weighted by Crippen LogP contribution is -2.28. The van der Waals surface area contributed by atoms with Crippen molar-refractivity contribution in [1.29, 1.82) is 0 Å². The van der Waals surface area contributed by atoms with Crippen molar-refractivity contribution in [1.82, 2.24) is 10.3 Å². The Labute approximate surface area is 159 Å². The molecule has 3 aromatic rings. The summed E-state index contributed by atoms with van der Waals surface area (Å²) in [5, 5.41) is 2.85. The van der Waals surface area contributed by atoms with Crippen molar-refractivity contribution in [2.45, 2.75) is 12.6 Å². The molecule has 0 atom stereocenters. The topological polar surface area (TPSA) is 60.5 Å². The van der Waals surface area contributed by atoms with Gasteiger partial charge in [0.25, 0.3) is 0 Å². The van der Waals surface area contributed by atoms with E-state index in [1.807, 2.05) is 66.7 Å². The molecule has 0 unspecified atom stereocenters. The molecule has 1 N–H and O–H groups in total. The molecule has 0 fully saturated rings. The molecule has 1 heterocycles. The number of ether oxygens (including phenoxy) is 2. The highest BCUT2D eigenvalue weighted by Crippen LogP contribution is 2.25. The van der Waals surface area contributed by atoms with E-state index in [1.165, 1.54) is 0 Å². The van der Waals surface area contributed by atoms with Gasteiger partial charge in [0, 0.05) is 18.3 Å². The third-order valence-corrected chi connectivity index (χ3v) is 4.11. The number of aromatic nitrogens is 1. The highest BCUT2D eigenvalue weighted by atomic mass is 16.5. The number of carbonyl (C=O) groups is 1.